The molecule has 1 aromatic carbocycles. The summed E-state index contributed by atoms with van der Waals surface area (Å²) in [5.74, 6) is 0.334. The van der Waals surface area contributed by atoms with E-state index in [0.29, 0.717) is 17.4 Å². The minimum absolute atomic E-state index is 0. The summed E-state index contributed by atoms with van der Waals surface area (Å²) >= 11 is 0. The van der Waals surface area contributed by atoms with Crippen molar-refractivity contribution in [3.05, 3.63) is 65.7 Å². The van der Waals surface area contributed by atoms with Gasteiger partial charge in [-0.25, -0.2) is 9.97 Å². The summed E-state index contributed by atoms with van der Waals surface area (Å²) in [5, 5.41) is 3.16. The molecular weight excluding hydrogens is 503 g/mol. The van der Waals surface area contributed by atoms with Crippen molar-refractivity contribution >= 4 is 34.1 Å². The van der Waals surface area contributed by atoms with Crippen LogP contribution in [0.4, 0.5) is 24.8 Å². The molecule has 2 atom stereocenters. The smallest absolute Gasteiger partial charge is 0.351 e. The van der Waals surface area contributed by atoms with Gasteiger partial charge < -0.3 is 10.2 Å². The molecule has 0 spiro atoms. The molecule has 4 heterocycles. The second kappa shape index (κ2) is 9.29. The Balaban J connectivity index is 0.00000289. The van der Waals surface area contributed by atoms with Crippen LogP contribution in [0, 0.1) is 6.92 Å². The van der Waals surface area contributed by atoms with E-state index in [4.69, 9.17) is 0 Å². The maximum Gasteiger partial charge on any atom is 0.418 e. The number of hydrogen-bond donors (Lipinski definition) is 2. The van der Waals surface area contributed by atoms with Crippen LogP contribution in [-0.4, -0.2) is 43.6 Å². The van der Waals surface area contributed by atoms with Crippen LogP contribution in [0.5, 0.6) is 0 Å². The Bertz CT molecular complexity index is 1350. The van der Waals surface area contributed by atoms with E-state index in [1.54, 1.807) is 37.3 Å². The number of piperazine rings is 1. The summed E-state index contributed by atoms with van der Waals surface area (Å²) in [4.78, 5) is 10.5. The zero-order chi connectivity index (χ0) is 24.1. The van der Waals surface area contributed by atoms with Gasteiger partial charge in [0.2, 0.25) is 0 Å². The quantitative estimate of drug-likeness (QED) is 0.518. The number of sulfonamides is 1. The van der Waals surface area contributed by atoms with Crippen molar-refractivity contribution in [3.8, 4) is 11.3 Å². The topological polar surface area (TPSA) is 87.2 Å². The van der Waals surface area contributed by atoms with E-state index in [9.17, 15) is 21.6 Å². The van der Waals surface area contributed by atoms with E-state index in [0.717, 1.165) is 31.6 Å². The maximum atomic E-state index is 13.7. The largest absolute Gasteiger partial charge is 0.418 e. The summed E-state index contributed by atoms with van der Waals surface area (Å²) in [6.07, 6.45) is -3.67. The molecule has 0 saturated carbocycles. The molecule has 0 amide bonds. The zero-order valence-electron chi connectivity index (χ0n) is 18.6. The van der Waals surface area contributed by atoms with Crippen molar-refractivity contribution in [2.24, 2.45) is 0 Å². The molecule has 2 fully saturated rings. The lowest BCUT2D eigenvalue weighted by atomic mass is 10.0. The highest BCUT2D eigenvalue weighted by atomic mass is 35.5. The molecule has 2 aliphatic heterocycles. The Kier molecular flexibility index (Phi) is 6.69. The van der Waals surface area contributed by atoms with Crippen molar-refractivity contribution in [2.75, 3.05) is 22.7 Å². The summed E-state index contributed by atoms with van der Waals surface area (Å²) < 4.78 is 69.4. The predicted molar refractivity (Wildman–Crippen MR) is 129 cm³/mol. The van der Waals surface area contributed by atoms with Crippen LogP contribution in [0.15, 0.2) is 59.6 Å². The minimum Gasteiger partial charge on any atom is -0.351 e. The van der Waals surface area contributed by atoms with E-state index >= 15 is 0 Å². The second-order valence-corrected chi connectivity index (χ2v) is 10.1. The van der Waals surface area contributed by atoms with E-state index in [1.165, 1.54) is 12.1 Å². The summed E-state index contributed by atoms with van der Waals surface area (Å²) in [5.41, 5.74) is -0.423. The fraction of sp³-hybridized carbons (Fsp3) is 0.304. The third kappa shape index (κ3) is 4.93. The standard InChI is InChI=1S/C23H22F3N5O2S.ClH/c1-14-5-2-3-6-17(14)22-18(23(24,25)26)9-10-19(28-22)30-34(32,33)21-8-4-7-20(29-21)31-13-15-11-16(31)12-27-15;/h2-10,15-16,27H,11-13H2,1H3,(H,28,30);1H/t15-,16-;/m0./s1. The van der Waals surface area contributed by atoms with Gasteiger partial charge in [0.05, 0.1) is 11.3 Å². The number of benzene rings is 1. The van der Waals surface area contributed by atoms with E-state index in [2.05, 4.69) is 24.9 Å². The highest BCUT2D eigenvalue weighted by Gasteiger charge is 2.38. The molecule has 7 nitrogen and oxygen atoms in total. The number of halogens is 4. The first-order valence-electron chi connectivity index (χ1n) is 10.8. The van der Waals surface area contributed by atoms with Crippen molar-refractivity contribution < 1.29 is 21.6 Å². The molecule has 12 heteroatoms. The van der Waals surface area contributed by atoms with E-state index in [-0.39, 0.29) is 40.6 Å². The van der Waals surface area contributed by atoms with Gasteiger partial charge in [-0.1, -0.05) is 30.3 Å². The van der Waals surface area contributed by atoms with Crippen LogP contribution in [0.25, 0.3) is 11.3 Å². The molecule has 0 unspecified atom stereocenters. The molecular formula is C23H23ClF3N5O2S. The van der Waals surface area contributed by atoms with Crippen molar-refractivity contribution in [1.29, 1.82) is 0 Å². The van der Waals surface area contributed by atoms with Gasteiger partial charge in [-0.15, -0.1) is 12.4 Å². The van der Waals surface area contributed by atoms with Crippen molar-refractivity contribution in [1.82, 2.24) is 15.3 Å². The predicted octanol–water partition coefficient (Wildman–Crippen LogP) is 4.24. The van der Waals surface area contributed by atoms with Gasteiger partial charge in [-0.05, 0) is 43.2 Å². The Morgan fingerprint density at radius 3 is 2.49 bits per heavy atom. The highest BCUT2D eigenvalue weighted by molar-refractivity contribution is 7.92. The van der Waals surface area contributed by atoms with Gasteiger partial charge in [0.15, 0.2) is 5.03 Å². The molecule has 2 saturated heterocycles. The Morgan fingerprint density at radius 1 is 1.06 bits per heavy atom. The van der Waals surface area contributed by atoms with E-state index in [1.807, 2.05) is 0 Å². The van der Waals surface area contributed by atoms with E-state index < -0.39 is 21.8 Å². The molecule has 2 bridgehead atoms. The highest BCUT2D eigenvalue weighted by Crippen LogP contribution is 2.38. The molecule has 5 rings (SSSR count). The van der Waals surface area contributed by atoms with Gasteiger partial charge in [0.25, 0.3) is 10.0 Å². The SMILES string of the molecule is Cc1ccccc1-c1nc(NS(=O)(=O)c2cccc(N3C[C@@H]4C[C@H]3CN4)n2)ccc1C(F)(F)F.Cl. The fourth-order valence-electron chi connectivity index (χ4n) is 4.53. The molecule has 2 aromatic heterocycles. The number of anilines is 2. The molecule has 186 valence electrons. The van der Waals surface area contributed by atoms with Gasteiger partial charge in [0.1, 0.15) is 11.6 Å². The third-order valence-corrected chi connectivity index (χ3v) is 7.43. The zero-order valence-corrected chi connectivity index (χ0v) is 20.2. The average molecular weight is 526 g/mol. The number of alkyl halides is 3. The molecule has 3 aromatic rings. The van der Waals surface area contributed by atoms with Gasteiger partial charge >= 0.3 is 6.18 Å². The summed E-state index contributed by atoms with van der Waals surface area (Å²) in [6, 6.07) is 13.7. The number of nitrogens with one attached hydrogen (secondary N) is 2. The number of aryl methyl sites for hydroxylation is 1. The van der Waals surface area contributed by atoms with Gasteiger partial charge in [-0.3, -0.25) is 4.72 Å². The lowest BCUT2D eigenvalue weighted by Gasteiger charge is -2.28. The Labute approximate surface area is 207 Å². The summed E-state index contributed by atoms with van der Waals surface area (Å²) in [7, 11) is -4.18. The van der Waals surface area contributed by atoms with Gasteiger partial charge in [-0.2, -0.15) is 21.6 Å². The maximum absolute atomic E-state index is 13.7. The molecule has 2 N–H and O–H groups in total. The molecule has 2 aliphatic rings. The lowest BCUT2D eigenvalue weighted by molar-refractivity contribution is -0.137. The molecule has 35 heavy (non-hydrogen) atoms. The lowest BCUT2D eigenvalue weighted by Crippen LogP contribution is -2.44. The first-order chi connectivity index (χ1) is 16.1. The van der Waals surface area contributed by atoms with Gasteiger partial charge in [0, 0.05) is 30.7 Å². The van der Waals surface area contributed by atoms with Crippen molar-refractivity contribution in [3.63, 3.8) is 0 Å². The minimum atomic E-state index is -4.65. The normalized spacial score (nSPS) is 19.5. The van der Waals surface area contributed by atoms with Crippen LogP contribution < -0.4 is 14.9 Å². The number of hydrogen-bond acceptors (Lipinski definition) is 6. The number of nitrogens with zero attached hydrogens (tertiary/aromatic N) is 3. The fourth-order valence-corrected chi connectivity index (χ4v) is 5.50. The Morgan fingerprint density at radius 2 is 1.83 bits per heavy atom. The average Bonchev–Trinajstić information content (AvgIpc) is 3.42. The van der Waals surface area contributed by atoms with Crippen molar-refractivity contribution in [2.45, 2.75) is 36.6 Å². The van der Waals surface area contributed by atoms with Crippen LogP contribution in [0.3, 0.4) is 0 Å². The number of pyridine rings is 2. The van der Waals surface area contributed by atoms with Crippen LogP contribution >= 0.6 is 12.4 Å². The third-order valence-electron chi connectivity index (χ3n) is 6.17. The summed E-state index contributed by atoms with van der Waals surface area (Å²) in [6.45, 7) is 3.23. The number of fused-ring (bicyclic) bond motifs is 2. The molecule has 0 aliphatic carbocycles. The second-order valence-electron chi connectivity index (χ2n) is 8.49. The number of rotatable bonds is 5. The van der Waals surface area contributed by atoms with Crippen LogP contribution in [0.2, 0.25) is 0 Å². The monoisotopic (exact) mass is 525 g/mol. The molecule has 0 radical (unpaired) electrons. The first kappa shape index (κ1) is 25.2. The number of aromatic nitrogens is 2. The Hall–Kier alpha value is -2.89. The van der Waals surface area contributed by atoms with Crippen LogP contribution in [0.1, 0.15) is 17.5 Å². The van der Waals surface area contributed by atoms with Crippen LogP contribution in [-0.2, 0) is 16.2 Å². The first-order valence-corrected chi connectivity index (χ1v) is 12.2.